The van der Waals surface area contributed by atoms with E-state index in [2.05, 4.69) is 11.2 Å². The summed E-state index contributed by atoms with van der Waals surface area (Å²) in [5, 5.41) is 3.77. The highest BCUT2D eigenvalue weighted by Gasteiger charge is 2.03. The van der Waals surface area contributed by atoms with E-state index in [4.69, 9.17) is 6.42 Å². The van der Waals surface area contributed by atoms with E-state index in [1.165, 1.54) is 6.07 Å². The van der Waals surface area contributed by atoms with Gasteiger partial charge in [-0.1, -0.05) is 12.0 Å². The Hall–Kier alpha value is -1.79. The lowest BCUT2D eigenvalue weighted by molar-refractivity contribution is 0.635. The lowest BCUT2D eigenvalue weighted by atomic mass is 10.2. The van der Waals surface area contributed by atoms with Crippen LogP contribution in [0, 0.1) is 18.2 Å². The van der Waals surface area contributed by atoms with Gasteiger partial charge in [-0.25, -0.2) is 4.39 Å². The van der Waals surface area contributed by atoms with E-state index in [1.807, 2.05) is 16.8 Å². The molecule has 0 saturated heterocycles. The lowest BCUT2D eigenvalue weighted by Gasteiger charge is -2.05. The maximum atomic E-state index is 13.4. The van der Waals surface area contributed by atoms with E-state index in [1.54, 1.807) is 12.1 Å². The minimum Gasteiger partial charge on any atom is -0.346 e. The molecule has 3 heteroatoms. The molecular weight excluding hydrogens is 203 g/mol. The molecule has 0 spiro atoms. The Morgan fingerprint density at radius 1 is 1.38 bits per heavy atom. The first-order valence-electron chi connectivity index (χ1n) is 5.20. The van der Waals surface area contributed by atoms with E-state index >= 15 is 0 Å². The largest absolute Gasteiger partial charge is 0.346 e. The summed E-state index contributed by atoms with van der Waals surface area (Å²) in [6.07, 6.45) is 7.02. The molecule has 82 valence electrons. The Morgan fingerprint density at radius 2 is 2.25 bits per heavy atom. The fourth-order valence-corrected chi connectivity index (χ4v) is 1.74. The van der Waals surface area contributed by atoms with E-state index in [0.29, 0.717) is 11.9 Å². The average Bonchev–Trinajstić information content (AvgIpc) is 2.70. The summed E-state index contributed by atoms with van der Waals surface area (Å²) in [5.41, 5.74) is 0.919. The topological polar surface area (TPSA) is 17.0 Å². The number of hydrogen-bond donors (Lipinski definition) is 1. The van der Waals surface area contributed by atoms with E-state index < -0.39 is 0 Å². The summed E-state index contributed by atoms with van der Waals surface area (Å²) in [5.74, 6) is 2.34. The molecule has 0 bridgehead atoms. The Morgan fingerprint density at radius 3 is 3.06 bits per heavy atom. The van der Waals surface area contributed by atoms with Crippen LogP contribution in [-0.2, 0) is 6.54 Å². The SMILES string of the molecule is C#CCNCCn1ccc2c(F)cccc21. The van der Waals surface area contributed by atoms with Gasteiger partial charge >= 0.3 is 0 Å². The summed E-state index contributed by atoms with van der Waals surface area (Å²) in [6.45, 7) is 2.13. The van der Waals surface area contributed by atoms with Crippen LogP contribution in [0.4, 0.5) is 4.39 Å². The molecule has 2 rings (SSSR count). The molecule has 16 heavy (non-hydrogen) atoms. The van der Waals surface area contributed by atoms with Gasteiger partial charge < -0.3 is 9.88 Å². The molecule has 0 aliphatic heterocycles. The van der Waals surface area contributed by atoms with Gasteiger partial charge in [-0.15, -0.1) is 6.42 Å². The lowest BCUT2D eigenvalue weighted by Crippen LogP contribution is -2.19. The zero-order valence-corrected chi connectivity index (χ0v) is 8.91. The number of halogens is 1. The zero-order valence-electron chi connectivity index (χ0n) is 8.91. The van der Waals surface area contributed by atoms with Gasteiger partial charge in [0.1, 0.15) is 5.82 Å². The maximum absolute atomic E-state index is 13.4. The quantitative estimate of drug-likeness (QED) is 0.611. The predicted octanol–water partition coefficient (Wildman–Crippen LogP) is 2.00. The minimum absolute atomic E-state index is 0.173. The maximum Gasteiger partial charge on any atom is 0.132 e. The van der Waals surface area contributed by atoms with Crippen LogP contribution in [0.2, 0.25) is 0 Å². The molecule has 0 unspecified atom stereocenters. The second kappa shape index (κ2) is 4.82. The van der Waals surface area contributed by atoms with Crippen molar-refractivity contribution in [2.45, 2.75) is 6.54 Å². The Labute approximate surface area is 94.1 Å². The number of aromatic nitrogens is 1. The van der Waals surface area contributed by atoms with Crippen LogP contribution < -0.4 is 5.32 Å². The number of nitrogens with one attached hydrogen (secondary N) is 1. The third kappa shape index (κ3) is 2.07. The van der Waals surface area contributed by atoms with Crippen molar-refractivity contribution in [3.8, 4) is 12.3 Å². The summed E-state index contributed by atoms with van der Waals surface area (Å²) in [4.78, 5) is 0. The fraction of sp³-hybridized carbons (Fsp3) is 0.231. The first-order valence-corrected chi connectivity index (χ1v) is 5.20. The Kier molecular flexibility index (Phi) is 3.23. The molecule has 1 aromatic carbocycles. The highest BCUT2D eigenvalue weighted by molar-refractivity contribution is 5.80. The highest BCUT2D eigenvalue weighted by atomic mass is 19.1. The normalized spacial score (nSPS) is 10.5. The van der Waals surface area contributed by atoms with Crippen LogP contribution in [0.25, 0.3) is 10.9 Å². The van der Waals surface area contributed by atoms with Crippen LogP contribution in [0.3, 0.4) is 0 Å². The Bertz CT molecular complexity index is 522. The minimum atomic E-state index is -0.173. The van der Waals surface area contributed by atoms with E-state index in [0.717, 1.165) is 18.6 Å². The fourth-order valence-electron chi connectivity index (χ4n) is 1.74. The van der Waals surface area contributed by atoms with Gasteiger partial charge in [-0.3, -0.25) is 0 Å². The molecule has 0 atom stereocenters. The second-order valence-electron chi connectivity index (χ2n) is 3.56. The molecule has 0 fully saturated rings. The number of nitrogens with zero attached hydrogens (tertiary/aromatic N) is 1. The third-order valence-corrected chi connectivity index (χ3v) is 2.52. The number of benzene rings is 1. The van der Waals surface area contributed by atoms with Gasteiger partial charge in [0, 0.05) is 24.7 Å². The summed E-state index contributed by atoms with van der Waals surface area (Å²) >= 11 is 0. The predicted molar refractivity (Wildman–Crippen MR) is 63.6 cm³/mol. The Balaban J connectivity index is 2.14. The zero-order chi connectivity index (χ0) is 11.4. The van der Waals surface area contributed by atoms with Crippen LogP contribution in [0.15, 0.2) is 30.5 Å². The average molecular weight is 216 g/mol. The van der Waals surface area contributed by atoms with Crippen LogP contribution in [0.5, 0.6) is 0 Å². The molecule has 0 aliphatic carbocycles. The summed E-state index contributed by atoms with van der Waals surface area (Å²) < 4.78 is 15.4. The number of terminal acetylenes is 1. The van der Waals surface area contributed by atoms with Crippen molar-refractivity contribution in [3.05, 3.63) is 36.3 Å². The van der Waals surface area contributed by atoms with E-state index in [-0.39, 0.29) is 5.82 Å². The number of hydrogen-bond acceptors (Lipinski definition) is 1. The summed E-state index contributed by atoms with van der Waals surface area (Å²) in [6, 6.07) is 6.91. The smallest absolute Gasteiger partial charge is 0.132 e. The van der Waals surface area contributed by atoms with Gasteiger partial charge in [0.15, 0.2) is 0 Å². The second-order valence-corrected chi connectivity index (χ2v) is 3.56. The van der Waals surface area contributed by atoms with Crippen molar-refractivity contribution in [3.63, 3.8) is 0 Å². The van der Waals surface area contributed by atoms with Crippen molar-refractivity contribution in [1.82, 2.24) is 9.88 Å². The van der Waals surface area contributed by atoms with Gasteiger partial charge in [0.25, 0.3) is 0 Å². The van der Waals surface area contributed by atoms with Crippen molar-refractivity contribution in [2.75, 3.05) is 13.1 Å². The first-order chi connectivity index (χ1) is 7.83. The van der Waals surface area contributed by atoms with Gasteiger partial charge in [0.05, 0.1) is 12.1 Å². The molecule has 0 saturated carbocycles. The van der Waals surface area contributed by atoms with Crippen molar-refractivity contribution >= 4 is 10.9 Å². The molecular formula is C13H13FN2. The van der Waals surface area contributed by atoms with E-state index in [9.17, 15) is 4.39 Å². The molecule has 0 aliphatic rings. The van der Waals surface area contributed by atoms with Crippen molar-refractivity contribution in [2.24, 2.45) is 0 Å². The highest BCUT2D eigenvalue weighted by Crippen LogP contribution is 2.18. The number of fused-ring (bicyclic) bond motifs is 1. The van der Waals surface area contributed by atoms with Crippen molar-refractivity contribution in [1.29, 1.82) is 0 Å². The molecule has 2 nitrogen and oxygen atoms in total. The third-order valence-electron chi connectivity index (χ3n) is 2.52. The molecule has 0 amide bonds. The van der Waals surface area contributed by atoms with Gasteiger partial charge in [-0.2, -0.15) is 0 Å². The number of rotatable bonds is 4. The van der Waals surface area contributed by atoms with Gasteiger partial charge in [-0.05, 0) is 18.2 Å². The van der Waals surface area contributed by atoms with Crippen molar-refractivity contribution < 1.29 is 4.39 Å². The monoisotopic (exact) mass is 216 g/mol. The van der Waals surface area contributed by atoms with Crippen LogP contribution >= 0.6 is 0 Å². The van der Waals surface area contributed by atoms with Crippen LogP contribution in [-0.4, -0.2) is 17.7 Å². The molecule has 1 N–H and O–H groups in total. The molecule has 1 heterocycles. The molecule has 1 aromatic heterocycles. The van der Waals surface area contributed by atoms with Crippen LogP contribution in [0.1, 0.15) is 0 Å². The van der Waals surface area contributed by atoms with Gasteiger partial charge in [0.2, 0.25) is 0 Å². The first kappa shape index (κ1) is 10.7. The summed E-state index contributed by atoms with van der Waals surface area (Å²) in [7, 11) is 0. The standard InChI is InChI=1S/C13H13FN2/c1-2-7-15-8-10-16-9-6-11-12(14)4-3-5-13(11)16/h1,3-6,9,15H,7-8,10H2. The molecule has 0 radical (unpaired) electrons. The molecule has 2 aromatic rings.